The van der Waals surface area contributed by atoms with Crippen LogP contribution < -0.4 is 0 Å². The molecule has 2 atom stereocenters. The molecule has 0 saturated carbocycles. The maximum atomic E-state index is 12.0. The van der Waals surface area contributed by atoms with E-state index in [2.05, 4.69) is 9.47 Å². The van der Waals surface area contributed by atoms with Gasteiger partial charge >= 0.3 is 23.9 Å². The molecule has 0 aliphatic rings. The van der Waals surface area contributed by atoms with Gasteiger partial charge < -0.3 is 29.9 Å². The second kappa shape index (κ2) is 11.0. The van der Waals surface area contributed by atoms with Gasteiger partial charge in [0.05, 0.1) is 0 Å². The van der Waals surface area contributed by atoms with Gasteiger partial charge in [0.2, 0.25) is 12.2 Å². The van der Waals surface area contributed by atoms with Crippen molar-refractivity contribution in [1.29, 1.82) is 0 Å². The molecule has 0 aliphatic carbocycles. The maximum absolute atomic E-state index is 12.0. The van der Waals surface area contributed by atoms with Crippen molar-refractivity contribution in [2.75, 3.05) is 0 Å². The molecule has 0 unspecified atom stereocenters. The average Bonchev–Trinajstić information content (AvgIpc) is 2.73. The van der Waals surface area contributed by atoms with Crippen LogP contribution in [0.5, 0.6) is 11.5 Å². The highest BCUT2D eigenvalue weighted by atomic mass is 16.6. The fourth-order valence-corrected chi connectivity index (χ4v) is 2.40. The third-order valence-corrected chi connectivity index (χ3v) is 3.81. The van der Waals surface area contributed by atoms with Crippen molar-refractivity contribution in [3.63, 3.8) is 0 Å². The van der Waals surface area contributed by atoms with E-state index in [1.807, 2.05) is 0 Å². The lowest BCUT2D eigenvalue weighted by Crippen LogP contribution is -2.45. The van der Waals surface area contributed by atoms with Gasteiger partial charge in [0.1, 0.15) is 11.5 Å². The Kier molecular flexibility index (Phi) is 8.12. The molecule has 0 spiro atoms. The number of carbonyl (C=O) groups excluding carboxylic acids is 2. The Morgan fingerprint density at radius 1 is 0.688 bits per heavy atom. The normalized spacial score (nSPS) is 12.9. The number of hydrogen-bond donors (Lipinski definition) is 4. The van der Waals surface area contributed by atoms with Gasteiger partial charge in [-0.2, -0.15) is 0 Å². The third kappa shape index (κ3) is 7.34. The van der Waals surface area contributed by atoms with E-state index >= 15 is 0 Å². The van der Waals surface area contributed by atoms with Crippen molar-refractivity contribution >= 4 is 36.0 Å². The summed E-state index contributed by atoms with van der Waals surface area (Å²) in [6.45, 7) is 0. The number of benzene rings is 2. The van der Waals surface area contributed by atoms with Gasteiger partial charge in [-0.15, -0.1) is 0 Å². The molecular formula is C22H18O10. The summed E-state index contributed by atoms with van der Waals surface area (Å²) in [5, 5.41) is 37.3. The van der Waals surface area contributed by atoms with Gasteiger partial charge in [0.25, 0.3) is 0 Å². The zero-order valence-corrected chi connectivity index (χ0v) is 16.3. The Morgan fingerprint density at radius 2 is 1.06 bits per heavy atom. The Bertz CT molecular complexity index is 984. The number of aromatic hydroxyl groups is 2. The fraction of sp³-hybridized carbons (Fsp3) is 0.0909. The molecular weight excluding hydrogens is 424 g/mol. The Morgan fingerprint density at radius 3 is 1.38 bits per heavy atom. The van der Waals surface area contributed by atoms with E-state index in [-0.39, 0.29) is 11.5 Å². The van der Waals surface area contributed by atoms with Crippen molar-refractivity contribution in [1.82, 2.24) is 0 Å². The lowest BCUT2D eigenvalue weighted by molar-refractivity contribution is -0.183. The van der Waals surface area contributed by atoms with Gasteiger partial charge in [-0.25, -0.2) is 19.2 Å². The highest BCUT2D eigenvalue weighted by molar-refractivity contribution is 5.93. The maximum Gasteiger partial charge on any atom is 0.349 e. The Hall–Kier alpha value is -4.60. The van der Waals surface area contributed by atoms with Crippen LogP contribution in [0.25, 0.3) is 12.2 Å². The summed E-state index contributed by atoms with van der Waals surface area (Å²) < 4.78 is 9.33. The monoisotopic (exact) mass is 442 g/mol. The molecule has 0 fully saturated rings. The minimum absolute atomic E-state index is 0.0689. The number of esters is 2. The van der Waals surface area contributed by atoms with E-state index in [9.17, 15) is 39.6 Å². The first kappa shape index (κ1) is 23.7. The number of carboxylic acids is 2. The predicted octanol–water partition coefficient (Wildman–Crippen LogP) is 1.82. The van der Waals surface area contributed by atoms with Gasteiger partial charge in [0, 0.05) is 12.2 Å². The van der Waals surface area contributed by atoms with Crippen LogP contribution in [0.3, 0.4) is 0 Å². The molecule has 2 aromatic rings. The predicted molar refractivity (Wildman–Crippen MR) is 109 cm³/mol. The zero-order valence-electron chi connectivity index (χ0n) is 16.3. The molecule has 0 aromatic heterocycles. The number of aliphatic carboxylic acids is 2. The third-order valence-electron chi connectivity index (χ3n) is 3.81. The summed E-state index contributed by atoms with van der Waals surface area (Å²) in [5.74, 6) is -6.25. The lowest BCUT2D eigenvalue weighted by Gasteiger charge is -2.19. The molecule has 0 bridgehead atoms. The molecule has 0 aliphatic heterocycles. The van der Waals surface area contributed by atoms with Crippen molar-refractivity contribution in [2.24, 2.45) is 0 Å². The molecule has 166 valence electrons. The molecule has 4 N–H and O–H groups in total. The fourth-order valence-electron chi connectivity index (χ4n) is 2.40. The number of phenols is 2. The van der Waals surface area contributed by atoms with Crippen LogP contribution in [-0.2, 0) is 28.7 Å². The van der Waals surface area contributed by atoms with Crippen molar-refractivity contribution in [3.8, 4) is 11.5 Å². The largest absolute Gasteiger partial charge is 0.508 e. The van der Waals surface area contributed by atoms with Gasteiger partial charge in [0.15, 0.2) is 0 Å². The number of rotatable bonds is 9. The van der Waals surface area contributed by atoms with Gasteiger partial charge in [-0.05, 0) is 47.5 Å². The minimum atomic E-state index is -2.33. The smallest absolute Gasteiger partial charge is 0.349 e. The molecule has 10 nitrogen and oxygen atoms in total. The standard InChI is InChI=1S/C22H18O10/c23-15-5-1-3-13(11-15)7-9-17(25)31-19(21(27)28)20(22(29)30)32-18(26)10-8-14-4-2-6-16(24)12-14/h1-12,19-20,23-24H,(H,27,28)(H,29,30)/b9-7+,10-8+/t19-,20+. The lowest BCUT2D eigenvalue weighted by atomic mass is 10.2. The highest BCUT2D eigenvalue weighted by Gasteiger charge is 2.40. The summed E-state index contributed by atoms with van der Waals surface area (Å²) in [4.78, 5) is 46.9. The quantitative estimate of drug-likeness (QED) is 0.332. The molecule has 2 rings (SSSR count). The SMILES string of the molecule is O=C(/C=C/c1cccc(O)c1)O[C@H](C(=O)O)[C@@H](OC(=O)/C=C/c1cccc(O)c1)C(=O)O. The topological polar surface area (TPSA) is 168 Å². The molecule has 2 aromatic carbocycles. The van der Waals surface area contributed by atoms with Crippen LogP contribution in [0.2, 0.25) is 0 Å². The van der Waals surface area contributed by atoms with Crippen molar-refractivity contribution in [2.45, 2.75) is 12.2 Å². The summed E-state index contributed by atoms with van der Waals surface area (Å²) in [6.07, 6.45) is -0.582. The van der Waals surface area contributed by atoms with Crippen LogP contribution in [0.4, 0.5) is 0 Å². The molecule has 10 heteroatoms. The van der Waals surface area contributed by atoms with E-state index in [1.54, 1.807) is 12.1 Å². The molecule has 0 amide bonds. The first-order chi connectivity index (χ1) is 15.2. The first-order valence-electron chi connectivity index (χ1n) is 8.97. The van der Waals surface area contributed by atoms with Crippen LogP contribution in [0.1, 0.15) is 11.1 Å². The van der Waals surface area contributed by atoms with E-state index in [1.165, 1.54) is 48.6 Å². The number of hydrogen-bond acceptors (Lipinski definition) is 8. The number of phenolic OH excluding ortho intramolecular Hbond substituents is 2. The highest BCUT2D eigenvalue weighted by Crippen LogP contribution is 2.14. The molecule has 32 heavy (non-hydrogen) atoms. The van der Waals surface area contributed by atoms with Crippen LogP contribution >= 0.6 is 0 Å². The van der Waals surface area contributed by atoms with Crippen molar-refractivity contribution in [3.05, 3.63) is 71.8 Å². The number of carboxylic acid groups (broad SMARTS) is 2. The van der Waals surface area contributed by atoms with Crippen LogP contribution in [0.15, 0.2) is 60.7 Å². The average molecular weight is 442 g/mol. The van der Waals surface area contributed by atoms with E-state index in [0.29, 0.717) is 11.1 Å². The van der Waals surface area contributed by atoms with E-state index in [0.717, 1.165) is 12.2 Å². The molecule has 0 heterocycles. The Balaban J connectivity index is 2.09. The summed E-state index contributed by atoms with van der Waals surface area (Å²) >= 11 is 0. The number of carbonyl (C=O) groups is 4. The van der Waals surface area contributed by atoms with Crippen molar-refractivity contribution < 1.29 is 49.1 Å². The molecule has 0 saturated heterocycles. The van der Waals surface area contributed by atoms with Gasteiger partial charge in [-0.3, -0.25) is 0 Å². The second-order valence-electron chi connectivity index (χ2n) is 6.25. The van der Waals surface area contributed by atoms with Crippen LogP contribution in [-0.4, -0.2) is 56.5 Å². The van der Waals surface area contributed by atoms with E-state index < -0.39 is 36.1 Å². The summed E-state index contributed by atoms with van der Waals surface area (Å²) in [6, 6.07) is 11.5. The van der Waals surface area contributed by atoms with Crippen LogP contribution in [0, 0.1) is 0 Å². The minimum Gasteiger partial charge on any atom is -0.508 e. The first-order valence-corrected chi connectivity index (χ1v) is 8.97. The molecule has 0 radical (unpaired) electrons. The summed E-state index contributed by atoms with van der Waals surface area (Å²) in [5.41, 5.74) is 0.791. The summed E-state index contributed by atoms with van der Waals surface area (Å²) in [7, 11) is 0. The van der Waals surface area contributed by atoms with E-state index in [4.69, 9.17) is 0 Å². The zero-order chi connectivity index (χ0) is 23.7. The second-order valence-corrected chi connectivity index (χ2v) is 6.25. The Labute approximate surface area is 181 Å². The van der Waals surface area contributed by atoms with Gasteiger partial charge in [-0.1, -0.05) is 24.3 Å². The number of ether oxygens (including phenoxy) is 2.